The van der Waals surface area contributed by atoms with Gasteiger partial charge in [-0.1, -0.05) is 11.8 Å². The number of pyridine rings is 1. The highest BCUT2D eigenvalue weighted by molar-refractivity contribution is 8.02. The number of hydrogen-bond acceptors (Lipinski definition) is 3. The van der Waals surface area contributed by atoms with Gasteiger partial charge in [0.05, 0.1) is 22.2 Å². The molecule has 3 unspecified atom stereocenters. The summed E-state index contributed by atoms with van der Waals surface area (Å²) in [4.78, 5) is 24.2. The molecule has 1 aliphatic heterocycles. The molecular formula is C20H21Cl2F3N2O2S. The van der Waals surface area contributed by atoms with Gasteiger partial charge in [-0.15, -0.1) is 35.0 Å². The van der Waals surface area contributed by atoms with Crippen molar-refractivity contribution in [1.29, 1.82) is 0 Å². The van der Waals surface area contributed by atoms with E-state index in [1.807, 2.05) is 0 Å². The van der Waals surface area contributed by atoms with Crippen molar-refractivity contribution in [2.24, 2.45) is 11.8 Å². The van der Waals surface area contributed by atoms with Gasteiger partial charge in [0.25, 0.3) is 12.0 Å². The number of hydrogen-bond donors (Lipinski definition) is 1. The van der Waals surface area contributed by atoms with E-state index in [4.69, 9.17) is 23.2 Å². The molecule has 30 heavy (non-hydrogen) atoms. The molecule has 1 amide bonds. The van der Waals surface area contributed by atoms with Gasteiger partial charge < -0.3 is 9.88 Å². The first-order chi connectivity index (χ1) is 14.2. The van der Waals surface area contributed by atoms with Crippen LogP contribution >= 0.6 is 35.0 Å². The molecule has 0 bridgehead atoms. The number of carbonyl (C=O) groups is 1. The van der Waals surface area contributed by atoms with Gasteiger partial charge in [0.1, 0.15) is 0 Å². The zero-order valence-corrected chi connectivity index (χ0v) is 18.3. The minimum absolute atomic E-state index is 0.0585. The molecule has 3 rings (SSSR count). The van der Waals surface area contributed by atoms with Crippen molar-refractivity contribution >= 4 is 46.6 Å². The summed E-state index contributed by atoms with van der Waals surface area (Å²) < 4.78 is 39.1. The summed E-state index contributed by atoms with van der Waals surface area (Å²) in [6.07, 6.45) is 2.42. The van der Waals surface area contributed by atoms with Crippen LogP contribution in [0, 0.1) is 29.5 Å². The molecule has 1 aromatic rings. The molecule has 2 heterocycles. The summed E-state index contributed by atoms with van der Waals surface area (Å²) >= 11 is 13.7. The van der Waals surface area contributed by atoms with E-state index in [0.29, 0.717) is 16.9 Å². The number of alkyl halides is 4. The normalized spacial score (nSPS) is 28.8. The van der Waals surface area contributed by atoms with Crippen molar-refractivity contribution < 1.29 is 18.0 Å². The van der Waals surface area contributed by atoms with Crippen LogP contribution in [0.1, 0.15) is 32.1 Å². The molecule has 1 aromatic heterocycles. The number of nitrogens with zero attached hydrogens (tertiary/aromatic N) is 1. The Labute approximate surface area is 186 Å². The highest BCUT2D eigenvalue weighted by Crippen LogP contribution is 2.41. The second-order valence-electron chi connectivity index (χ2n) is 7.47. The minimum Gasteiger partial charge on any atom is -0.324 e. The highest BCUT2D eigenvalue weighted by Gasteiger charge is 2.37. The van der Waals surface area contributed by atoms with Crippen LogP contribution in [0.4, 0.5) is 18.9 Å². The van der Waals surface area contributed by atoms with Crippen molar-refractivity contribution in [2.45, 2.75) is 60.4 Å². The lowest BCUT2D eigenvalue weighted by molar-refractivity contribution is -0.115. The predicted molar refractivity (Wildman–Crippen MR) is 114 cm³/mol. The number of aromatic nitrogens is 1. The van der Waals surface area contributed by atoms with Gasteiger partial charge in [-0.2, -0.15) is 0 Å². The summed E-state index contributed by atoms with van der Waals surface area (Å²) in [5, 5.41) is 2.20. The summed E-state index contributed by atoms with van der Waals surface area (Å²) in [6, 6.07) is 0.824. The minimum atomic E-state index is -2.82. The topological polar surface area (TPSA) is 51.1 Å². The van der Waals surface area contributed by atoms with Crippen LogP contribution in [0.5, 0.6) is 0 Å². The Morgan fingerprint density at radius 3 is 2.63 bits per heavy atom. The SMILES string of the molecule is O=C(Nc1cc(F)c(=O)n(CC(F)F)c1)C1CC(C#CC2CCC(Cl)CC2)C(Cl)S1. The van der Waals surface area contributed by atoms with Gasteiger partial charge in [0.15, 0.2) is 5.82 Å². The molecule has 0 aromatic carbocycles. The van der Waals surface area contributed by atoms with Gasteiger partial charge in [0, 0.05) is 29.5 Å². The van der Waals surface area contributed by atoms with Gasteiger partial charge >= 0.3 is 0 Å². The van der Waals surface area contributed by atoms with E-state index in [1.54, 1.807) is 0 Å². The van der Waals surface area contributed by atoms with E-state index in [9.17, 15) is 22.8 Å². The Morgan fingerprint density at radius 2 is 1.97 bits per heavy atom. The van der Waals surface area contributed by atoms with Crippen LogP contribution < -0.4 is 10.9 Å². The van der Waals surface area contributed by atoms with Crippen molar-refractivity contribution in [2.75, 3.05) is 5.32 Å². The number of halogens is 5. The van der Waals surface area contributed by atoms with Gasteiger partial charge in [-0.05, 0) is 32.1 Å². The number of anilines is 1. The third-order valence-corrected chi connectivity index (χ3v) is 7.52. The van der Waals surface area contributed by atoms with E-state index in [1.165, 1.54) is 11.8 Å². The van der Waals surface area contributed by atoms with Crippen LogP contribution in [0.15, 0.2) is 17.1 Å². The maximum absolute atomic E-state index is 13.8. The molecule has 10 heteroatoms. The lowest BCUT2D eigenvalue weighted by Gasteiger charge is -2.20. The molecule has 1 saturated heterocycles. The van der Waals surface area contributed by atoms with Gasteiger partial charge in [-0.25, -0.2) is 13.2 Å². The largest absolute Gasteiger partial charge is 0.324 e. The Bertz CT molecular complexity index is 894. The third kappa shape index (κ3) is 6.12. The maximum Gasteiger partial charge on any atom is 0.286 e. The number of amides is 1. The zero-order chi connectivity index (χ0) is 21.8. The second kappa shape index (κ2) is 10.3. The molecule has 164 valence electrons. The standard InChI is InChI=1S/C20H21Cl2F3N2O2S/c21-13-5-2-11(3-6-13)1-4-12-7-16(30-18(12)22)19(28)26-14-8-15(23)20(29)27(9-14)10-17(24)25/h8-9,11-13,16-18H,2-3,5-7,10H2,(H,26,28). The molecule has 1 aliphatic carbocycles. The Morgan fingerprint density at radius 1 is 1.27 bits per heavy atom. The van der Waals surface area contributed by atoms with E-state index >= 15 is 0 Å². The average Bonchev–Trinajstić information content (AvgIpc) is 3.06. The maximum atomic E-state index is 13.8. The van der Waals surface area contributed by atoms with Crippen molar-refractivity contribution in [3.8, 4) is 11.8 Å². The van der Waals surface area contributed by atoms with Crippen LogP contribution in [0.25, 0.3) is 0 Å². The molecule has 2 fully saturated rings. The second-order valence-corrected chi connectivity index (χ2v) is 10.2. The third-order valence-electron chi connectivity index (χ3n) is 5.15. The zero-order valence-electron chi connectivity index (χ0n) is 15.9. The summed E-state index contributed by atoms with van der Waals surface area (Å²) in [5.41, 5.74) is -1.22. The van der Waals surface area contributed by atoms with Crippen LogP contribution in [-0.4, -0.2) is 32.2 Å². The highest BCUT2D eigenvalue weighted by atomic mass is 35.5. The fraction of sp³-hybridized carbons (Fsp3) is 0.600. The van der Waals surface area contributed by atoms with E-state index in [0.717, 1.165) is 37.9 Å². The summed E-state index contributed by atoms with van der Waals surface area (Å²) in [5.74, 6) is 4.95. The van der Waals surface area contributed by atoms with Crippen LogP contribution in [0.2, 0.25) is 0 Å². The van der Waals surface area contributed by atoms with Crippen molar-refractivity contribution in [3.05, 3.63) is 28.4 Å². The molecule has 0 radical (unpaired) electrons. The summed E-state index contributed by atoms with van der Waals surface area (Å²) in [6.45, 7) is -0.954. The van der Waals surface area contributed by atoms with Crippen molar-refractivity contribution in [1.82, 2.24) is 4.57 Å². The fourth-order valence-electron chi connectivity index (χ4n) is 3.53. The molecular weight excluding hydrogens is 460 g/mol. The fourth-order valence-corrected chi connectivity index (χ4v) is 5.51. The quantitative estimate of drug-likeness (QED) is 0.502. The number of nitrogens with one attached hydrogen (secondary N) is 1. The lowest BCUT2D eigenvalue weighted by Crippen LogP contribution is -2.28. The first kappa shape index (κ1) is 23.4. The molecule has 2 aliphatic rings. The predicted octanol–water partition coefficient (Wildman–Crippen LogP) is 4.68. The molecule has 0 spiro atoms. The number of thioether (sulfide) groups is 1. The number of carbonyl (C=O) groups excluding carboxylic acids is 1. The van der Waals surface area contributed by atoms with E-state index in [-0.39, 0.29) is 21.7 Å². The summed E-state index contributed by atoms with van der Waals surface area (Å²) in [7, 11) is 0. The first-order valence-electron chi connectivity index (χ1n) is 9.66. The van der Waals surface area contributed by atoms with E-state index in [2.05, 4.69) is 17.2 Å². The molecule has 4 nitrogen and oxygen atoms in total. The van der Waals surface area contributed by atoms with Gasteiger partial charge in [0.2, 0.25) is 5.91 Å². The Balaban J connectivity index is 1.62. The first-order valence-corrected chi connectivity index (χ1v) is 11.5. The van der Waals surface area contributed by atoms with Gasteiger partial charge in [-0.3, -0.25) is 9.59 Å². The molecule has 1 saturated carbocycles. The Kier molecular flexibility index (Phi) is 8.05. The average molecular weight is 481 g/mol. The smallest absolute Gasteiger partial charge is 0.286 e. The molecule has 3 atom stereocenters. The van der Waals surface area contributed by atoms with Crippen molar-refractivity contribution in [3.63, 3.8) is 0 Å². The van der Waals surface area contributed by atoms with Crippen LogP contribution in [-0.2, 0) is 11.3 Å². The number of rotatable bonds is 4. The lowest BCUT2D eigenvalue weighted by atomic mass is 9.89. The Hall–Kier alpha value is -1.30. The van der Waals surface area contributed by atoms with Crippen LogP contribution in [0.3, 0.4) is 0 Å². The molecule has 1 N–H and O–H groups in total. The van der Waals surface area contributed by atoms with E-state index < -0.39 is 35.5 Å². The monoisotopic (exact) mass is 480 g/mol.